The van der Waals surface area contributed by atoms with Gasteiger partial charge in [0.05, 0.1) is 13.7 Å². The van der Waals surface area contributed by atoms with E-state index < -0.39 is 0 Å². The fourth-order valence-corrected chi connectivity index (χ4v) is 3.77. The molecule has 3 aromatic rings. The number of ether oxygens (including phenoxy) is 3. The SMILES string of the molecule is C=CC=O.CCCCc1ccc(C#Cc2ccc(OC)c(C)c2)cc1.COCCCCCCOc1ccc(C=O)cc1. The largest absolute Gasteiger partial charge is 0.496 e. The Labute approximate surface area is 252 Å². The maximum absolute atomic E-state index is 10.5. The predicted molar refractivity (Wildman–Crippen MR) is 173 cm³/mol. The maximum atomic E-state index is 10.5. The van der Waals surface area contributed by atoms with Gasteiger partial charge in [-0.15, -0.1) is 0 Å². The van der Waals surface area contributed by atoms with Crippen LogP contribution in [0.1, 0.15) is 78.1 Å². The van der Waals surface area contributed by atoms with Gasteiger partial charge in [-0.2, -0.15) is 0 Å². The molecule has 0 atom stereocenters. The molecular weight excluding hydrogens is 524 g/mol. The summed E-state index contributed by atoms with van der Waals surface area (Å²) in [7, 11) is 3.42. The van der Waals surface area contributed by atoms with Crippen molar-refractivity contribution >= 4 is 12.6 Å². The fraction of sp³-hybridized carbons (Fsp3) is 0.351. The lowest BCUT2D eigenvalue weighted by atomic mass is 10.1. The highest BCUT2D eigenvalue weighted by atomic mass is 16.5. The van der Waals surface area contributed by atoms with Gasteiger partial charge in [0.1, 0.15) is 24.1 Å². The van der Waals surface area contributed by atoms with Gasteiger partial charge in [0, 0.05) is 30.4 Å². The van der Waals surface area contributed by atoms with E-state index in [0.29, 0.717) is 11.8 Å². The summed E-state index contributed by atoms with van der Waals surface area (Å²) in [5.41, 5.74) is 5.26. The van der Waals surface area contributed by atoms with E-state index in [1.165, 1.54) is 30.9 Å². The summed E-state index contributed by atoms with van der Waals surface area (Å²) in [5, 5.41) is 0. The molecule has 42 heavy (non-hydrogen) atoms. The molecule has 0 bridgehead atoms. The third kappa shape index (κ3) is 16.2. The highest BCUT2D eigenvalue weighted by Crippen LogP contribution is 2.18. The molecule has 0 spiro atoms. The number of aldehydes is 2. The summed E-state index contributed by atoms with van der Waals surface area (Å²) in [6, 6.07) is 21.8. The van der Waals surface area contributed by atoms with Gasteiger partial charge in [0.15, 0.2) is 0 Å². The van der Waals surface area contributed by atoms with Crippen molar-refractivity contribution in [1.29, 1.82) is 0 Å². The number of aryl methyl sites for hydroxylation is 2. The molecule has 0 amide bonds. The van der Waals surface area contributed by atoms with Gasteiger partial charge in [-0.25, -0.2) is 0 Å². The number of allylic oxidation sites excluding steroid dienone is 1. The molecule has 0 N–H and O–H groups in total. The van der Waals surface area contributed by atoms with Crippen LogP contribution in [0.15, 0.2) is 79.4 Å². The molecule has 224 valence electrons. The van der Waals surface area contributed by atoms with Gasteiger partial charge in [0.2, 0.25) is 0 Å². The van der Waals surface area contributed by atoms with Crippen molar-refractivity contribution in [2.45, 2.75) is 58.8 Å². The van der Waals surface area contributed by atoms with Gasteiger partial charge < -0.3 is 14.2 Å². The van der Waals surface area contributed by atoms with Crippen molar-refractivity contribution in [3.63, 3.8) is 0 Å². The zero-order valence-corrected chi connectivity index (χ0v) is 25.7. The molecule has 0 aromatic heterocycles. The van der Waals surface area contributed by atoms with Crippen LogP contribution < -0.4 is 9.47 Å². The first-order valence-electron chi connectivity index (χ1n) is 14.5. The molecule has 0 radical (unpaired) electrons. The first kappa shape index (κ1) is 35.9. The molecule has 0 aliphatic carbocycles. The Morgan fingerprint density at radius 1 is 0.786 bits per heavy atom. The lowest BCUT2D eigenvalue weighted by Gasteiger charge is -2.06. The molecule has 0 saturated carbocycles. The van der Waals surface area contributed by atoms with E-state index in [1.54, 1.807) is 26.4 Å². The van der Waals surface area contributed by atoms with Gasteiger partial charge >= 0.3 is 0 Å². The molecule has 0 fully saturated rings. The molecule has 0 aliphatic rings. The number of methoxy groups -OCH3 is 2. The van der Waals surface area contributed by atoms with Crippen LogP contribution >= 0.6 is 0 Å². The maximum Gasteiger partial charge on any atom is 0.150 e. The zero-order valence-electron chi connectivity index (χ0n) is 25.7. The zero-order chi connectivity index (χ0) is 30.8. The van der Waals surface area contributed by atoms with Crippen LogP contribution in [0.4, 0.5) is 0 Å². The summed E-state index contributed by atoms with van der Waals surface area (Å²) in [5.74, 6) is 8.16. The summed E-state index contributed by atoms with van der Waals surface area (Å²) in [6.45, 7) is 8.94. The Morgan fingerprint density at radius 3 is 1.95 bits per heavy atom. The van der Waals surface area contributed by atoms with Gasteiger partial charge in [0.25, 0.3) is 0 Å². The summed E-state index contributed by atoms with van der Waals surface area (Å²) in [4.78, 5) is 19.5. The van der Waals surface area contributed by atoms with E-state index in [9.17, 15) is 4.79 Å². The Kier molecular flexibility index (Phi) is 20.1. The van der Waals surface area contributed by atoms with Crippen LogP contribution in [0.5, 0.6) is 11.5 Å². The number of benzene rings is 3. The van der Waals surface area contributed by atoms with E-state index in [-0.39, 0.29) is 0 Å². The lowest BCUT2D eigenvalue weighted by molar-refractivity contribution is -0.104. The second kappa shape index (κ2) is 23.6. The average molecular weight is 571 g/mol. The standard InChI is InChI=1S/C20H22O.C14H20O3.C3H4O/c1-4-5-6-17-7-9-18(10-8-17)11-12-19-13-14-20(21-3)16(2)15-19;1-16-10-4-2-3-5-11-17-14-8-6-13(12-15)7-9-14;1-2-3-4/h7-10,13-15H,4-6H2,1-3H3;6-9,12H,2-5,10-11H2,1H3;2-3H,1H2. The van der Waals surface area contributed by atoms with Gasteiger partial charge in [-0.3, -0.25) is 9.59 Å². The first-order valence-corrected chi connectivity index (χ1v) is 14.5. The smallest absolute Gasteiger partial charge is 0.150 e. The van der Waals surface area contributed by atoms with Crippen molar-refractivity contribution in [1.82, 2.24) is 0 Å². The topological polar surface area (TPSA) is 61.8 Å². The van der Waals surface area contributed by atoms with Gasteiger partial charge in [-0.1, -0.05) is 50.3 Å². The third-order valence-corrected chi connectivity index (χ3v) is 6.14. The molecule has 0 heterocycles. The van der Waals surface area contributed by atoms with E-state index >= 15 is 0 Å². The third-order valence-electron chi connectivity index (χ3n) is 6.14. The van der Waals surface area contributed by atoms with E-state index in [0.717, 1.165) is 73.4 Å². The minimum absolute atomic E-state index is 0.639. The number of hydrogen-bond donors (Lipinski definition) is 0. The van der Waals surface area contributed by atoms with Crippen molar-refractivity contribution < 1.29 is 23.8 Å². The van der Waals surface area contributed by atoms with Crippen molar-refractivity contribution in [2.75, 3.05) is 27.4 Å². The highest BCUT2D eigenvalue weighted by Gasteiger charge is 1.98. The number of carbonyl (C=O) groups excluding carboxylic acids is 2. The Balaban J connectivity index is 0.000000379. The molecule has 0 aliphatic heterocycles. The van der Waals surface area contributed by atoms with Gasteiger partial charge in [-0.05, 0) is 111 Å². The predicted octanol–water partition coefficient (Wildman–Crippen LogP) is 8.20. The molecular formula is C37H46O5. The van der Waals surface area contributed by atoms with Crippen LogP contribution in [0.25, 0.3) is 0 Å². The summed E-state index contributed by atoms with van der Waals surface area (Å²) in [6.07, 6.45) is 10.8. The van der Waals surface area contributed by atoms with E-state index in [4.69, 9.17) is 19.0 Å². The number of carbonyl (C=O) groups is 2. The molecule has 3 rings (SSSR count). The van der Waals surface area contributed by atoms with Crippen LogP contribution in [0, 0.1) is 18.8 Å². The minimum Gasteiger partial charge on any atom is -0.496 e. The molecule has 0 saturated heterocycles. The van der Waals surface area contributed by atoms with Crippen LogP contribution in [-0.4, -0.2) is 40.0 Å². The molecule has 0 unspecified atom stereocenters. The second-order valence-electron chi connectivity index (χ2n) is 9.55. The molecule has 5 heteroatoms. The quantitative estimate of drug-likeness (QED) is 0.0846. The summed E-state index contributed by atoms with van der Waals surface area (Å²) < 4.78 is 15.8. The molecule has 3 aromatic carbocycles. The number of unbranched alkanes of at least 4 members (excludes halogenated alkanes) is 4. The summed E-state index contributed by atoms with van der Waals surface area (Å²) >= 11 is 0. The number of hydrogen-bond acceptors (Lipinski definition) is 5. The second-order valence-corrected chi connectivity index (χ2v) is 9.55. The number of rotatable bonds is 14. The van der Waals surface area contributed by atoms with Crippen LogP contribution in [0.3, 0.4) is 0 Å². The Hall–Kier alpha value is -4.14. The Morgan fingerprint density at radius 2 is 1.40 bits per heavy atom. The average Bonchev–Trinajstić information content (AvgIpc) is 3.03. The van der Waals surface area contributed by atoms with Crippen LogP contribution in [-0.2, 0) is 16.0 Å². The fourth-order valence-electron chi connectivity index (χ4n) is 3.77. The van der Waals surface area contributed by atoms with Crippen molar-refractivity contribution in [2.24, 2.45) is 0 Å². The van der Waals surface area contributed by atoms with E-state index in [1.807, 2.05) is 31.2 Å². The highest BCUT2D eigenvalue weighted by molar-refractivity contribution is 5.74. The monoisotopic (exact) mass is 570 g/mol. The molecule has 5 nitrogen and oxygen atoms in total. The minimum atomic E-state index is 0.639. The first-order chi connectivity index (χ1) is 20.5. The van der Waals surface area contributed by atoms with E-state index in [2.05, 4.69) is 55.7 Å². The normalized spacial score (nSPS) is 9.52. The lowest BCUT2D eigenvalue weighted by Crippen LogP contribution is -1.98. The Bertz CT molecular complexity index is 1210. The van der Waals surface area contributed by atoms with Crippen LogP contribution in [0.2, 0.25) is 0 Å². The van der Waals surface area contributed by atoms with Crippen molar-refractivity contribution in [3.05, 3.63) is 107 Å². The van der Waals surface area contributed by atoms with Crippen molar-refractivity contribution in [3.8, 4) is 23.3 Å².